The molecule has 0 aliphatic heterocycles. The monoisotopic (exact) mass is 1780 g/mol. The van der Waals surface area contributed by atoms with E-state index in [1.165, 1.54) is 31.0 Å². The molecule has 18 aromatic rings. The summed E-state index contributed by atoms with van der Waals surface area (Å²) >= 11 is 0. The Bertz CT molecular complexity index is 7240. The Morgan fingerprint density at radius 3 is 1.05 bits per heavy atom. The smallest absolute Gasteiger partial charge is 0.271 e. The number of hydrogen-bond donors (Lipinski definition) is 16. The molecule has 0 aliphatic rings. The van der Waals surface area contributed by atoms with E-state index in [1.54, 1.807) is 38.5 Å². The standard InChI is InChI=1S/C21H20N6O2.C21H20N6O.C18H16N6O2.C16H18N6O2.C16H16N6O.17H2/c1-12-3-8-15-16(9-12)27-20(26-15)18-19(22)23-11-17(25-18)21(28)24-10-13-4-6-14(29-2)7-5-13;1-13-7-8-15-16(11-13)27-20(26-15)18-19(22)24-12-17(25-18)21(28)23-10-9-14-5-3-2-4-6-14;1-10-4-5-12-13(7-10)24-17(23-12)15-16(19)20-9-14(22-15)18(25)21-8-11-3-2-6-26-11;1-8-3-4-10-11(5-8)22-15(21-10)13-14(17)18-7-12(20-13)16(24)19-6-9(2)23;1-3-6-18-16(23)12-8-19-14(17)13(20-12)15-21-10-5-4-9(2)7-11(10)22-15;;;;;;;;;;;;;;;;;/h3-9,11H,10H2,1-2H3,(H2,22,23)(H,24,28)(H,26,27);2-8,11-12H,9-10H2,1H3,(H2,22,24)(H,23,28)(H,26,27);2-7,9H,8H2,1H3,(H2,19,20)(H,21,25)(H,23,24);3-5,7,9,23H,6H2,1-2H3,(H2,17,18)(H,19,24)(H,21,22);3-5,7-8H,1,6H2,2H3,(H2,17,19)(H,18,23)(H,21,22);17*1H. The van der Waals surface area contributed by atoms with Crippen molar-refractivity contribution in [3.63, 3.8) is 0 Å². The number of H-pyrrole nitrogens is 5. The number of benzene rings is 7. The third-order valence-electron chi connectivity index (χ3n) is 19.6. The van der Waals surface area contributed by atoms with E-state index < -0.39 is 12.0 Å². The van der Waals surface area contributed by atoms with Gasteiger partial charge in [0.1, 0.15) is 68.4 Å². The van der Waals surface area contributed by atoms with Crippen LogP contribution in [0.2, 0.25) is 0 Å². The van der Waals surface area contributed by atoms with Crippen molar-refractivity contribution in [2.24, 2.45) is 0 Å². The number of carbonyl (C=O) groups excluding carboxylic acids is 5. The van der Waals surface area contributed by atoms with E-state index >= 15 is 0 Å². The van der Waals surface area contributed by atoms with Gasteiger partial charge in [0.25, 0.3) is 29.5 Å². The molecule has 0 radical (unpaired) electrons. The number of furan rings is 1. The number of nitrogen functional groups attached to an aromatic ring is 5. The first-order chi connectivity index (χ1) is 62.7. The normalized spacial score (nSPS) is 11.1. The molecular weight excluding hydrogens is 1650 g/mol. The summed E-state index contributed by atoms with van der Waals surface area (Å²) in [7, 11) is 1.61. The van der Waals surface area contributed by atoms with Crippen molar-refractivity contribution in [3.05, 3.63) is 281 Å². The van der Waals surface area contributed by atoms with Crippen LogP contribution in [0.1, 0.15) is 128 Å². The van der Waals surface area contributed by atoms with Crippen LogP contribution in [0.3, 0.4) is 0 Å². The molecule has 0 bridgehead atoms. The number of methoxy groups -OCH3 is 1. The number of anilines is 5. The Kier molecular flexibility index (Phi) is 27.6. The van der Waals surface area contributed by atoms with Crippen LogP contribution in [0.4, 0.5) is 29.1 Å². The number of aromatic amines is 5. The van der Waals surface area contributed by atoms with Gasteiger partial charge in [0, 0.05) is 50.4 Å². The molecular formula is C92H124N30O8. The molecule has 11 aromatic heterocycles. The van der Waals surface area contributed by atoms with Gasteiger partial charge in [0.2, 0.25) is 0 Å². The van der Waals surface area contributed by atoms with Gasteiger partial charge in [-0.25, -0.2) is 74.8 Å². The average Bonchev–Trinajstić information content (AvgIpc) is 1.71. The zero-order valence-corrected chi connectivity index (χ0v) is 71.5. The summed E-state index contributed by atoms with van der Waals surface area (Å²) in [5.41, 5.74) is 48.2. The van der Waals surface area contributed by atoms with Crippen LogP contribution in [-0.4, -0.2) is 167 Å². The summed E-state index contributed by atoms with van der Waals surface area (Å²) in [5, 5.41) is 22.9. The molecule has 690 valence electrons. The molecule has 1 atom stereocenters. The number of carbonyl (C=O) groups is 5. The molecule has 1 unspecified atom stereocenters. The summed E-state index contributed by atoms with van der Waals surface area (Å²) in [6.45, 7) is 16.7. The van der Waals surface area contributed by atoms with E-state index in [1.807, 2.05) is 180 Å². The maximum absolute atomic E-state index is 12.5. The van der Waals surface area contributed by atoms with Gasteiger partial charge >= 0.3 is 0 Å². The van der Waals surface area contributed by atoms with Crippen LogP contribution in [0.15, 0.2) is 212 Å². The largest absolute Gasteiger partial charge is 0.497 e. The Labute approximate surface area is 766 Å². The zero-order valence-electron chi connectivity index (χ0n) is 71.5. The average molecular weight is 1780 g/mol. The summed E-state index contributed by atoms with van der Waals surface area (Å²) in [5.74, 6) is 2.99. The molecule has 0 saturated carbocycles. The lowest BCUT2D eigenvalue weighted by Gasteiger charge is -2.08. The summed E-state index contributed by atoms with van der Waals surface area (Å²) in [6, 6.07) is 50.3. The lowest BCUT2D eigenvalue weighted by Crippen LogP contribution is -2.31. The van der Waals surface area contributed by atoms with Gasteiger partial charge in [-0.05, 0) is 172 Å². The van der Waals surface area contributed by atoms with Gasteiger partial charge < -0.3 is 94.4 Å². The van der Waals surface area contributed by atoms with Crippen molar-refractivity contribution in [2.45, 2.75) is 67.2 Å². The minimum absolute atomic E-state index is 0. The van der Waals surface area contributed by atoms with Crippen molar-refractivity contribution in [1.29, 1.82) is 0 Å². The fourth-order valence-corrected chi connectivity index (χ4v) is 12.9. The fourth-order valence-electron chi connectivity index (χ4n) is 12.9. The summed E-state index contributed by atoms with van der Waals surface area (Å²) in [4.78, 5) is 142. The van der Waals surface area contributed by atoms with E-state index in [4.69, 9.17) is 37.8 Å². The van der Waals surface area contributed by atoms with Gasteiger partial charge in [0.15, 0.2) is 58.2 Å². The SMILES string of the molecule is C=CCNC(=O)c1cnc(N)c(-c2nc3ccc(C)cc3[nH]2)n1.COc1ccc(CNC(=O)c2cnc(N)c(-c3nc4ccc(C)cc4[nH]3)n2)cc1.Cc1ccc2nc(-c3nc(C(=O)NCC(C)O)cnc3N)[nH]c2c1.Cc1ccc2nc(-c3nc(C(=O)NCCc4ccccc4)cnc3N)[nH]c2c1.Cc1ccc2nc(-c3nc(C(=O)NCc4ccco4)cnc3N)[nH]c2c1.[HH].[HH].[HH].[HH].[HH].[HH].[HH].[HH].[HH].[HH].[HH].[HH].[HH].[HH].[HH].[HH].[HH]. The fraction of sp³-hybridized carbons (Fsp3) is 0.152. The summed E-state index contributed by atoms with van der Waals surface area (Å²) in [6.07, 6.45) is 9.94. The number of aromatic nitrogens is 20. The molecule has 38 nitrogen and oxygen atoms in total. The number of amides is 5. The van der Waals surface area contributed by atoms with E-state index in [-0.39, 0.29) is 119 Å². The van der Waals surface area contributed by atoms with Crippen LogP contribution in [0.25, 0.3) is 113 Å². The van der Waals surface area contributed by atoms with E-state index in [0.29, 0.717) is 83.0 Å². The number of ether oxygens (including phenoxy) is 1. The maximum atomic E-state index is 12.5. The number of aliphatic hydroxyl groups excluding tert-OH is 1. The Balaban J connectivity index is -0.000000847. The maximum Gasteiger partial charge on any atom is 0.271 e. The van der Waals surface area contributed by atoms with Crippen LogP contribution in [0.5, 0.6) is 5.75 Å². The van der Waals surface area contributed by atoms with Crippen LogP contribution in [-0.2, 0) is 19.5 Å². The molecule has 18 rings (SSSR count). The number of nitrogens with one attached hydrogen (secondary N) is 10. The van der Waals surface area contributed by atoms with Crippen molar-refractivity contribution in [2.75, 3.05) is 55.4 Å². The molecule has 0 aliphatic carbocycles. The molecule has 5 amide bonds. The molecule has 11 heterocycles. The van der Waals surface area contributed by atoms with E-state index in [2.05, 4.69) is 133 Å². The molecule has 21 N–H and O–H groups in total. The molecule has 130 heavy (non-hydrogen) atoms. The highest BCUT2D eigenvalue weighted by Gasteiger charge is 2.23. The molecule has 7 aromatic carbocycles. The van der Waals surface area contributed by atoms with Gasteiger partial charge in [-0.3, -0.25) is 24.0 Å². The minimum atomic E-state index is -0.645. The summed E-state index contributed by atoms with van der Waals surface area (Å²) < 4.78 is 10.3. The number of hydrogen-bond acceptors (Lipinski definition) is 28. The number of imidazole rings is 5. The second kappa shape index (κ2) is 40.4. The highest BCUT2D eigenvalue weighted by atomic mass is 16.5. The number of aliphatic hydroxyl groups is 1. The quantitative estimate of drug-likeness (QED) is 0.0280. The topological polar surface area (TPSA) is 590 Å². The predicted octanol–water partition coefficient (Wildman–Crippen LogP) is 15.2. The van der Waals surface area contributed by atoms with Crippen LogP contribution in [0, 0.1) is 34.6 Å². The Hall–Kier alpha value is -17.6. The molecule has 38 heteroatoms. The van der Waals surface area contributed by atoms with Crippen LogP contribution < -0.4 is 60.0 Å². The number of nitrogens with zero attached hydrogens (tertiary/aromatic N) is 15. The van der Waals surface area contributed by atoms with E-state index in [0.717, 1.165) is 106 Å². The third-order valence-corrected chi connectivity index (χ3v) is 19.6. The van der Waals surface area contributed by atoms with Crippen LogP contribution >= 0.6 is 0 Å². The van der Waals surface area contributed by atoms with Gasteiger partial charge in [-0.15, -0.1) is 6.58 Å². The van der Waals surface area contributed by atoms with Crippen molar-refractivity contribution < 1.29 is 62.5 Å². The number of rotatable bonds is 22. The van der Waals surface area contributed by atoms with E-state index in [9.17, 15) is 29.1 Å². The lowest BCUT2D eigenvalue weighted by atomic mass is 10.1. The highest BCUT2D eigenvalue weighted by Crippen LogP contribution is 2.30. The number of fused-ring (bicyclic) bond motifs is 5. The Morgan fingerprint density at radius 2 is 0.731 bits per heavy atom. The van der Waals surface area contributed by atoms with Crippen molar-refractivity contribution in [1.82, 2.24) is 126 Å². The highest BCUT2D eigenvalue weighted by molar-refractivity contribution is 5.97. The number of nitrogens with two attached hydrogens (primary N) is 5. The molecule has 0 spiro atoms. The molecule has 0 saturated heterocycles. The van der Waals surface area contributed by atoms with Gasteiger partial charge in [0.05, 0.1) is 112 Å². The lowest BCUT2D eigenvalue weighted by molar-refractivity contribution is 0.0915. The second-order valence-electron chi connectivity index (χ2n) is 29.8. The first-order valence-electron chi connectivity index (χ1n) is 40.6. The first-order valence-corrected chi connectivity index (χ1v) is 40.6. The second-order valence-corrected chi connectivity index (χ2v) is 29.8. The number of aryl methyl sites for hydroxylation is 5. The minimum Gasteiger partial charge on any atom is -0.497 e. The van der Waals surface area contributed by atoms with Gasteiger partial charge in [-0.2, -0.15) is 0 Å². The predicted molar refractivity (Wildman–Crippen MR) is 530 cm³/mol. The molecule has 0 fully saturated rings. The Morgan fingerprint density at radius 1 is 0.408 bits per heavy atom. The van der Waals surface area contributed by atoms with Gasteiger partial charge in [-0.1, -0.05) is 78.9 Å². The zero-order chi connectivity index (χ0) is 91.6. The third kappa shape index (κ3) is 22.1. The first kappa shape index (κ1) is 88.7. The van der Waals surface area contributed by atoms with Crippen molar-refractivity contribution >= 4 is 114 Å². The van der Waals surface area contributed by atoms with Crippen molar-refractivity contribution in [3.8, 4) is 63.3 Å².